The van der Waals surface area contributed by atoms with E-state index in [4.69, 9.17) is 16.3 Å². The fourth-order valence-corrected chi connectivity index (χ4v) is 3.01. The van der Waals surface area contributed by atoms with E-state index in [1.807, 2.05) is 22.9 Å². The number of nitrogens with zero attached hydrogens (tertiary/aromatic N) is 4. The minimum absolute atomic E-state index is 0.186. The first-order valence-electron chi connectivity index (χ1n) is 7.81. The van der Waals surface area contributed by atoms with Crippen LogP contribution in [0, 0.1) is 0 Å². The predicted molar refractivity (Wildman–Crippen MR) is 89.4 cm³/mol. The summed E-state index contributed by atoms with van der Waals surface area (Å²) in [4.78, 5) is 12.1. The molecule has 0 atom stereocenters. The summed E-state index contributed by atoms with van der Waals surface area (Å²) in [6, 6.07) is 7.41. The number of carbonyl (C=O) groups excluding carboxylic acids is 1. The van der Waals surface area contributed by atoms with Crippen LogP contribution in [0.4, 0.5) is 0 Å². The second kappa shape index (κ2) is 6.16. The van der Waals surface area contributed by atoms with Crippen LogP contribution in [-0.4, -0.2) is 38.6 Å². The molecule has 0 fully saturated rings. The maximum atomic E-state index is 12.1. The van der Waals surface area contributed by atoms with Crippen LogP contribution in [0.1, 0.15) is 16.9 Å². The smallest absolute Gasteiger partial charge is 0.271 e. The van der Waals surface area contributed by atoms with Gasteiger partial charge in [0.15, 0.2) is 5.69 Å². The molecule has 7 nitrogen and oxygen atoms in total. The van der Waals surface area contributed by atoms with Gasteiger partial charge >= 0.3 is 0 Å². The molecule has 1 aliphatic heterocycles. The van der Waals surface area contributed by atoms with E-state index in [1.54, 1.807) is 16.9 Å². The SMILES string of the molecule is O=C(NCCCn1ncc2c(Cl)cccc21)c1cc2n(n1)CCO2. The molecule has 124 valence electrons. The predicted octanol–water partition coefficient (Wildman–Crippen LogP) is 2.10. The number of aromatic nitrogens is 4. The summed E-state index contributed by atoms with van der Waals surface area (Å²) < 4.78 is 8.95. The molecule has 3 heterocycles. The highest BCUT2D eigenvalue weighted by molar-refractivity contribution is 6.35. The Kier molecular flexibility index (Phi) is 3.86. The van der Waals surface area contributed by atoms with Gasteiger partial charge in [0.25, 0.3) is 5.91 Å². The molecule has 0 bridgehead atoms. The fourth-order valence-electron chi connectivity index (χ4n) is 2.79. The molecule has 4 rings (SSSR count). The van der Waals surface area contributed by atoms with E-state index < -0.39 is 0 Å². The monoisotopic (exact) mass is 345 g/mol. The summed E-state index contributed by atoms with van der Waals surface area (Å²) in [7, 11) is 0. The topological polar surface area (TPSA) is 74.0 Å². The van der Waals surface area contributed by atoms with Crippen molar-refractivity contribution in [1.82, 2.24) is 24.9 Å². The number of hydrogen-bond acceptors (Lipinski definition) is 4. The second-order valence-electron chi connectivity index (χ2n) is 5.59. The summed E-state index contributed by atoms with van der Waals surface area (Å²) in [6.07, 6.45) is 2.53. The number of amides is 1. The molecule has 3 aromatic rings. The Morgan fingerprint density at radius 1 is 1.42 bits per heavy atom. The number of aryl methyl sites for hydroxylation is 1. The Bertz CT molecular complexity index is 880. The van der Waals surface area contributed by atoms with Crippen LogP contribution >= 0.6 is 11.6 Å². The first kappa shape index (κ1) is 15.0. The summed E-state index contributed by atoms with van der Waals surface area (Å²) in [6.45, 7) is 2.56. The average molecular weight is 346 g/mol. The summed E-state index contributed by atoms with van der Waals surface area (Å²) in [5.41, 5.74) is 1.39. The number of halogens is 1. The molecule has 0 aliphatic carbocycles. The van der Waals surface area contributed by atoms with E-state index >= 15 is 0 Å². The molecule has 1 aromatic carbocycles. The molecule has 1 amide bonds. The lowest BCUT2D eigenvalue weighted by Crippen LogP contribution is -2.26. The quantitative estimate of drug-likeness (QED) is 0.719. The van der Waals surface area contributed by atoms with Gasteiger partial charge < -0.3 is 10.1 Å². The van der Waals surface area contributed by atoms with Gasteiger partial charge in [-0.2, -0.15) is 10.2 Å². The molecule has 0 saturated carbocycles. The number of rotatable bonds is 5. The fraction of sp³-hybridized carbons (Fsp3) is 0.312. The molecular weight excluding hydrogens is 330 g/mol. The maximum absolute atomic E-state index is 12.1. The van der Waals surface area contributed by atoms with Gasteiger partial charge in [-0.1, -0.05) is 17.7 Å². The van der Waals surface area contributed by atoms with Crippen molar-refractivity contribution < 1.29 is 9.53 Å². The molecule has 24 heavy (non-hydrogen) atoms. The third kappa shape index (κ3) is 2.71. The lowest BCUT2D eigenvalue weighted by atomic mass is 10.2. The molecular formula is C16H16ClN5O2. The lowest BCUT2D eigenvalue weighted by molar-refractivity contribution is 0.0946. The van der Waals surface area contributed by atoms with E-state index in [2.05, 4.69) is 15.5 Å². The molecule has 2 aromatic heterocycles. The zero-order valence-electron chi connectivity index (χ0n) is 12.9. The van der Waals surface area contributed by atoms with Crippen molar-refractivity contribution in [1.29, 1.82) is 0 Å². The van der Waals surface area contributed by atoms with Gasteiger partial charge in [0.05, 0.1) is 23.3 Å². The third-order valence-electron chi connectivity index (χ3n) is 4.00. The van der Waals surface area contributed by atoms with Crippen molar-refractivity contribution in [3.8, 4) is 5.88 Å². The third-order valence-corrected chi connectivity index (χ3v) is 4.32. The number of hydrogen-bond donors (Lipinski definition) is 1. The first-order valence-corrected chi connectivity index (χ1v) is 8.19. The van der Waals surface area contributed by atoms with Gasteiger partial charge in [-0.3, -0.25) is 9.48 Å². The van der Waals surface area contributed by atoms with E-state index in [0.29, 0.717) is 42.8 Å². The van der Waals surface area contributed by atoms with Gasteiger partial charge in [-0.15, -0.1) is 0 Å². The second-order valence-corrected chi connectivity index (χ2v) is 6.00. The van der Waals surface area contributed by atoms with Crippen molar-refractivity contribution in [2.45, 2.75) is 19.5 Å². The van der Waals surface area contributed by atoms with Crippen LogP contribution in [0.15, 0.2) is 30.5 Å². The zero-order valence-corrected chi connectivity index (χ0v) is 13.7. The highest BCUT2D eigenvalue weighted by atomic mass is 35.5. The normalized spacial score (nSPS) is 13.0. The first-order chi connectivity index (χ1) is 11.7. The number of benzene rings is 1. The summed E-state index contributed by atoms with van der Waals surface area (Å²) >= 11 is 6.14. The minimum Gasteiger partial charge on any atom is -0.476 e. The molecule has 0 saturated heterocycles. The lowest BCUT2D eigenvalue weighted by Gasteiger charge is -2.05. The maximum Gasteiger partial charge on any atom is 0.271 e. The standard InChI is InChI=1S/C16H16ClN5O2/c17-12-3-1-4-14-11(12)10-19-21(14)6-2-5-18-16(23)13-9-15-22(20-13)7-8-24-15/h1,3-4,9-10H,2,5-8H2,(H,18,23). The Hall–Kier alpha value is -2.54. The molecule has 1 N–H and O–H groups in total. The Morgan fingerprint density at radius 3 is 3.21 bits per heavy atom. The van der Waals surface area contributed by atoms with Crippen molar-refractivity contribution in [3.05, 3.63) is 41.2 Å². The van der Waals surface area contributed by atoms with E-state index in [-0.39, 0.29) is 5.91 Å². The molecule has 1 aliphatic rings. The molecule has 0 unspecified atom stereocenters. The number of ether oxygens (including phenoxy) is 1. The summed E-state index contributed by atoms with van der Waals surface area (Å²) in [5, 5.41) is 13.1. The van der Waals surface area contributed by atoms with Crippen LogP contribution in [-0.2, 0) is 13.1 Å². The Labute approximate surface area is 143 Å². The van der Waals surface area contributed by atoms with Crippen molar-refractivity contribution in [3.63, 3.8) is 0 Å². The average Bonchev–Trinajstić information content (AvgIpc) is 3.26. The van der Waals surface area contributed by atoms with Crippen molar-refractivity contribution in [2.24, 2.45) is 0 Å². The molecule has 8 heteroatoms. The van der Waals surface area contributed by atoms with Crippen LogP contribution in [0.25, 0.3) is 10.9 Å². The number of carbonyl (C=O) groups is 1. The van der Waals surface area contributed by atoms with Gasteiger partial charge in [-0.05, 0) is 18.6 Å². The van der Waals surface area contributed by atoms with Crippen LogP contribution in [0.5, 0.6) is 5.88 Å². The van der Waals surface area contributed by atoms with Gasteiger partial charge in [0.2, 0.25) is 5.88 Å². The largest absolute Gasteiger partial charge is 0.476 e. The number of fused-ring (bicyclic) bond motifs is 2. The van der Waals surface area contributed by atoms with Gasteiger partial charge in [0, 0.05) is 24.5 Å². The van der Waals surface area contributed by atoms with Crippen molar-refractivity contribution in [2.75, 3.05) is 13.2 Å². The highest BCUT2D eigenvalue weighted by Crippen LogP contribution is 2.22. The van der Waals surface area contributed by atoms with E-state index in [1.165, 1.54) is 0 Å². The summed E-state index contributed by atoms with van der Waals surface area (Å²) in [5.74, 6) is 0.467. The van der Waals surface area contributed by atoms with Gasteiger partial charge in [0.1, 0.15) is 6.61 Å². The Balaban J connectivity index is 1.32. The molecule has 0 spiro atoms. The van der Waals surface area contributed by atoms with Crippen LogP contribution in [0.3, 0.4) is 0 Å². The Morgan fingerprint density at radius 2 is 2.33 bits per heavy atom. The van der Waals surface area contributed by atoms with E-state index in [0.717, 1.165) is 17.3 Å². The number of nitrogens with one attached hydrogen (secondary N) is 1. The van der Waals surface area contributed by atoms with Crippen molar-refractivity contribution >= 4 is 28.4 Å². The minimum atomic E-state index is -0.186. The zero-order chi connectivity index (χ0) is 16.5. The van der Waals surface area contributed by atoms with Crippen LogP contribution < -0.4 is 10.1 Å². The molecule has 0 radical (unpaired) electrons. The van der Waals surface area contributed by atoms with E-state index in [9.17, 15) is 4.79 Å². The van der Waals surface area contributed by atoms with Gasteiger partial charge in [-0.25, -0.2) is 4.68 Å². The van der Waals surface area contributed by atoms with Crippen LogP contribution in [0.2, 0.25) is 5.02 Å². The highest BCUT2D eigenvalue weighted by Gasteiger charge is 2.18.